The van der Waals surface area contributed by atoms with Gasteiger partial charge in [-0.1, -0.05) is 6.92 Å². The molecular formula is C18H16N6O2. The van der Waals surface area contributed by atoms with Crippen molar-refractivity contribution < 1.29 is 9.90 Å². The molecular weight excluding hydrogens is 332 g/mol. The summed E-state index contributed by atoms with van der Waals surface area (Å²) in [5.74, 6) is -1.33. The quantitative estimate of drug-likeness (QED) is 0.521. The van der Waals surface area contributed by atoms with E-state index >= 15 is 0 Å². The summed E-state index contributed by atoms with van der Waals surface area (Å²) in [6.07, 6.45) is 6.24. The predicted molar refractivity (Wildman–Crippen MR) is 96.8 cm³/mol. The monoisotopic (exact) mass is 348 g/mol. The average molecular weight is 348 g/mol. The van der Waals surface area contributed by atoms with Gasteiger partial charge in [-0.15, -0.1) is 0 Å². The number of aromatic amines is 1. The summed E-state index contributed by atoms with van der Waals surface area (Å²) >= 11 is 0. The van der Waals surface area contributed by atoms with Crippen molar-refractivity contribution >= 4 is 17.3 Å². The van der Waals surface area contributed by atoms with Gasteiger partial charge in [-0.05, 0) is 36.2 Å². The maximum absolute atomic E-state index is 11.5. The van der Waals surface area contributed by atoms with Gasteiger partial charge in [-0.2, -0.15) is 5.10 Å². The molecule has 0 saturated carbocycles. The van der Waals surface area contributed by atoms with Gasteiger partial charge in [0.25, 0.3) is 0 Å². The van der Waals surface area contributed by atoms with Gasteiger partial charge in [-0.3, -0.25) is 0 Å². The second kappa shape index (κ2) is 5.99. The number of carboxylic acids is 1. The van der Waals surface area contributed by atoms with E-state index in [-0.39, 0.29) is 11.5 Å². The number of hydrogen-bond acceptors (Lipinski definition) is 5. The first kappa shape index (κ1) is 15.8. The highest BCUT2D eigenvalue weighted by molar-refractivity contribution is 5.93. The Labute approximate surface area is 148 Å². The van der Waals surface area contributed by atoms with E-state index in [1.807, 2.05) is 36.7 Å². The van der Waals surface area contributed by atoms with Gasteiger partial charge >= 0.3 is 5.97 Å². The second-order valence-corrected chi connectivity index (χ2v) is 5.81. The molecule has 0 radical (unpaired) electrons. The number of rotatable bonds is 4. The lowest BCUT2D eigenvalue weighted by Gasteiger charge is -2.11. The van der Waals surface area contributed by atoms with E-state index in [1.165, 1.54) is 0 Å². The Balaban J connectivity index is 2.00. The van der Waals surface area contributed by atoms with Crippen molar-refractivity contribution in [3.05, 3.63) is 54.1 Å². The number of carboxylic acid groups (broad SMARTS) is 1. The van der Waals surface area contributed by atoms with Crippen LogP contribution in [-0.2, 0) is 6.42 Å². The topological polar surface area (TPSA) is 122 Å². The number of nitrogens with one attached hydrogen (secondary N) is 1. The number of fused-ring (bicyclic) bond motifs is 1. The molecule has 4 heterocycles. The summed E-state index contributed by atoms with van der Waals surface area (Å²) in [5, 5.41) is 13.7. The molecule has 26 heavy (non-hydrogen) atoms. The van der Waals surface area contributed by atoms with Crippen LogP contribution in [0.25, 0.3) is 28.2 Å². The van der Waals surface area contributed by atoms with Crippen LogP contribution in [0.2, 0.25) is 0 Å². The summed E-state index contributed by atoms with van der Waals surface area (Å²) in [5.41, 5.74) is 9.98. The standard InChI is InChI=1S/C18H16N6O2/c1-2-10-9-21-24-7-5-11(8-13(10)24)14-15(12-4-3-6-20-12)23-17(19)16(22-14)18(25)26/h3-9,20H,2H2,1H3,(H2,19,23)(H,25,26). The Hall–Kier alpha value is -3.68. The number of pyridine rings is 1. The highest BCUT2D eigenvalue weighted by atomic mass is 16.4. The minimum absolute atomic E-state index is 0.120. The molecule has 0 unspecified atom stereocenters. The first-order valence-corrected chi connectivity index (χ1v) is 8.09. The normalized spacial score (nSPS) is 11.1. The molecule has 0 aliphatic carbocycles. The number of nitrogen functional groups attached to an aromatic ring is 1. The summed E-state index contributed by atoms with van der Waals surface area (Å²) in [6, 6.07) is 7.43. The zero-order chi connectivity index (χ0) is 18.3. The van der Waals surface area contributed by atoms with Gasteiger partial charge < -0.3 is 15.8 Å². The maximum atomic E-state index is 11.5. The van der Waals surface area contributed by atoms with Gasteiger partial charge in [0.05, 0.1) is 23.1 Å². The van der Waals surface area contributed by atoms with Crippen LogP contribution in [0.5, 0.6) is 0 Å². The van der Waals surface area contributed by atoms with Crippen LogP contribution in [0.4, 0.5) is 5.82 Å². The number of hydrogen-bond donors (Lipinski definition) is 3. The van der Waals surface area contributed by atoms with Crippen LogP contribution >= 0.6 is 0 Å². The van der Waals surface area contributed by atoms with Crippen LogP contribution in [0.1, 0.15) is 23.0 Å². The smallest absolute Gasteiger partial charge is 0.358 e. The molecule has 4 aromatic heterocycles. The van der Waals surface area contributed by atoms with E-state index in [2.05, 4.69) is 27.0 Å². The third kappa shape index (κ3) is 2.48. The number of aryl methyl sites for hydroxylation is 1. The lowest BCUT2D eigenvalue weighted by molar-refractivity contribution is 0.0691. The number of H-pyrrole nitrogens is 1. The van der Waals surface area contributed by atoms with Crippen LogP contribution in [0.3, 0.4) is 0 Å². The fourth-order valence-corrected chi connectivity index (χ4v) is 2.92. The maximum Gasteiger partial charge on any atom is 0.358 e. The molecule has 4 rings (SSSR count). The molecule has 0 bridgehead atoms. The number of aromatic nitrogens is 5. The van der Waals surface area contributed by atoms with E-state index in [0.717, 1.165) is 23.1 Å². The number of carbonyl (C=O) groups is 1. The molecule has 0 aromatic carbocycles. The molecule has 4 aromatic rings. The Kier molecular flexibility index (Phi) is 3.65. The number of aromatic carboxylic acids is 1. The van der Waals surface area contributed by atoms with Crippen molar-refractivity contribution in [3.8, 4) is 22.6 Å². The number of anilines is 1. The molecule has 4 N–H and O–H groups in total. The average Bonchev–Trinajstić information content (AvgIpc) is 3.30. The number of nitrogens with two attached hydrogens (primary N) is 1. The predicted octanol–water partition coefficient (Wildman–Crippen LogP) is 2.63. The van der Waals surface area contributed by atoms with E-state index in [0.29, 0.717) is 17.1 Å². The summed E-state index contributed by atoms with van der Waals surface area (Å²) < 4.78 is 1.78. The third-order valence-electron chi connectivity index (χ3n) is 4.23. The molecule has 0 fully saturated rings. The highest BCUT2D eigenvalue weighted by Gasteiger charge is 2.20. The van der Waals surface area contributed by atoms with Crippen molar-refractivity contribution in [2.24, 2.45) is 0 Å². The lowest BCUT2D eigenvalue weighted by atomic mass is 10.1. The van der Waals surface area contributed by atoms with Crippen molar-refractivity contribution in [1.29, 1.82) is 0 Å². The summed E-state index contributed by atoms with van der Waals surface area (Å²) in [7, 11) is 0. The molecule has 0 saturated heterocycles. The minimum Gasteiger partial charge on any atom is -0.476 e. The second-order valence-electron chi connectivity index (χ2n) is 5.81. The zero-order valence-corrected chi connectivity index (χ0v) is 14.0. The van der Waals surface area contributed by atoms with Crippen LogP contribution in [0, 0.1) is 0 Å². The number of nitrogens with zero attached hydrogens (tertiary/aromatic N) is 4. The van der Waals surface area contributed by atoms with Gasteiger partial charge in [0, 0.05) is 18.0 Å². The van der Waals surface area contributed by atoms with Crippen LogP contribution < -0.4 is 5.73 Å². The molecule has 0 aliphatic rings. The molecule has 8 heteroatoms. The van der Waals surface area contributed by atoms with Crippen LogP contribution in [-0.4, -0.2) is 35.6 Å². The molecule has 130 valence electrons. The fraction of sp³-hybridized carbons (Fsp3) is 0.111. The van der Waals surface area contributed by atoms with Gasteiger partial charge in [0.1, 0.15) is 5.69 Å². The molecule has 0 amide bonds. The Morgan fingerprint density at radius 2 is 2.15 bits per heavy atom. The SMILES string of the molecule is CCc1cnn2ccc(-c3nc(C(=O)O)c(N)nc3-c3ccc[nH]3)cc12. The van der Waals surface area contributed by atoms with Crippen molar-refractivity contribution in [3.63, 3.8) is 0 Å². The molecule has 0 atom stereocenters. The third-order valence-corrected chi connectivity index (χ3v) is 4.23. The Bertz CT molecular complexity index is 1110. The van der Waals surface area contributed by atoms with Gasteiger partial charge in [0.15, 0.2) is 11.5 Å². The summed E-state index contributed by atoms with van der Waals surface area (Å²) in [6.45, 7) is 2.06. The van der Waals surface area contributed by atoms with Crippen molar-refractivity contribution in [2.45, 2.75) is 13.3 Å². The van der Waals surface area contributed by atoms with E-state index in [4.69, 9.17) is 5.73 Å². The van der Waals surface area contributed by atoms with Crippen molar-refractivity contribution in [1.82, 2.24) is 24.6 Å². The van der Waals surface area contributed by atoms with E-state index in [1.54, 1.807) is 10.7 Å². The van der Waals surface area contributed by atoms with Crippen molar-refractivity contribution in [2.75, 3.05) is 5.73 Å². The molecule has 8 nitrogen and oxygen atoms in total. The van der Waals surface area contributed by atoms with E-state index in [9.17, 15) is 9.90 Å². The first-order chi connectivity index (χ1) is 12.6. The largest absolute Gasteiger partial charge is 0.476 e. The minimum atomic E-state index is -1.21. The summed E-state index contributed by atoms with van der Waals surface area (Å²) in [4.78, 5) is 23.2. The Morgan fingerprint density at radius 1 is 1.31 bits per heavy atom. The first-order valence-electron chi connectivity index (χ1n) is 8.09. The van der Waals surface area contributed by atoms with Gasteiger partial charge in [-0.25, -0.2) is 19.3 Å². The molecule has 0 spiro atoms. The zero-order valence-electron chi connectivity index (χ0n) is 14.0. The van der Waals surface area contributed by atoms with Crippen LogP contribution in [0.15, 0.2) is 42.9 Å². The Morgan fingerprint density at radius 3 is 2.85 bits per heavy atom. The lowest BCUT2D eigenvalue weighted by Crippen LogP contribution is -2.10. The highest BCUT2D eigenvalue weighted by Crippen LogP contribution is 2.31. The molecule has 0 aliphatic heterocycles. The van der Waals surface area contributed by atoms with E-state index < -0.39 is 5.97 Å². The van der Waals surface area contributed by atoms with Gasteiger partial charge in [0.2, 0.25) is 0 Å². The fourth-order valence-electron chi connectivity index (χ4n) is 2.92.